The van der Waals surface area contributed by atoms with E-state index in [1.165, 1.54) is 6.92 Å². The van der Waals surface area contributed by atoms with E-state index in [0.717, 1.165) is 31.2 Å². The van der Waals surface area contributed by atoms with Crippen molar-refractivity contribution < 1.29 is 19.2 Å². The molecular weight excluding hydrogens is 394 g/mol. The zero-order valence-corrected chi connectivity index (χ0v) is 18.6. The van der Waals surface area contributed by atoms with Crippen LogP contribution in [0.3, 0.4) is 0 Å². The molecule has 1 saturated carbocycles. The number of nitrogens with one attached hydrogen (secondary N) is 1. The predicted molar refractivity (Wildman–Crippen MR) is 118 cm³/mol. The van der Waals surface area contributed by atoms with E-state index in [4.69, 9.17) is 4.52 Å². The number of rotatable bonds is 7. The zero-order chi connectivity index (χ0) is 22.4. The summed E-state index contributed by atoms with van der Waals surface area (Å²) in [5, 5.41) is 17.8. The predicted octanol–water partition coefficient (Wildman–Crippen LogP) is 3.08. The molecule has 0 radical (unpaired) electrons. The summed E-state index contributed by atoms with van der Waals surface area (Å²) >= 11 is 0. The van der Waals surface area contributed by atoms with E-state index < -0.39 is 6.10 Å². The SMILES string of the molecule is CCCc1cc(C(=O)N(C)[C@H]2CC[C@@](CNC(C)=O)(c3ccccc3)CC[C@@H]2O)no1. The number of aliphatic hydroxyl groups excluding tert-OH is 1. The average molecular weight is 428 g/mol. The van der Waals surface area contributed by atoms with Crippen LogP contribution < -0.4 is 5.32 Å². The summed E-state index contributed by atoms with van der Waals surface area (Å²) in [6.45, 7) is 4.06. The molecule has 2 N–H and O–H groups in total. The lowest BCUT2D eigenvalue weighted by molar-refractivity contribution is -0.119. The highest BCUT2D eigenvalue weighted by atomic mass is 16.5. The highest BCUT2D eigenvalue weighted by Gasteiger charge is 2.40. The molecular formula is C24H33N3O4. The number of hydrogen-bond donors (Lipinski definition) is 2. The van der Waals surface area contributed by atoms with Gasteiger partial charge in [-0.15, -0.1) is 0 Å². The van der Waals surface area contributed by atoms with Crippen molar-refractivity contribution in [2.45, 2.75) is 69.9 Å². The Balaban J connectivity index is 1.79. The van der Waals surface area contributed by atoms with E-state index in [1.54, 1.807) is 18.0 Å². The minimum Gasteiger partial charge on any atom is -0.391 e. The Morgan fingerprint density at radius 1 is 1.26 bits per heavy atom. The third kappa shape index (κ3) is 5.34. The second-order valence-corrected chi connectivity index (χ2v) is 8.61. The van der Waals surface area contributed by atoms with E-state index in [2.05, 4.69) is 22.6 Å². The Labute approximate surface area is 183 Å². The Bertz CT molecular complexity index is 882. The van der Waals surface area contributed by atoms with Gasteiger partial charge in [0.25, 0.3) is 5.91 Å². The molecule has 1 aromatic heterocycles. The molecule has 31 heavy (non-hydrogen) atoms. The van der Waals surface area contributed by atoms with Crippen molar-refractivity contribution in [2.75, 3.05) is 13.6 Å². The second kappa shape index (κ2) is 10.1. The van der Waals surface area contributed by atoms with Crippen molar-refractivity contribution in [3.8, 4) is 0 Å². The van der Waals surface area contributed by atoms with Gasteiger partial charge in [0.1, 0.15) is 5.76 Å². The van der Waals surface area contributed by atoms with Gasteiger partial charge in [-0.25, -0.2) is 0 Å². The van der Waals surface area contributed by atoms with Gasteiger partial charge >= 0.3 is 0 Å². The van der Waals surface area contributed by atoms with E-state index in [-0.39, 0.29) is 29.0 Å². The van der Waals surface area contributed by atoms with Gasteiger partial charge in [-0.3, -0.25) is 9.59 Å². The number of carbonyl (C=O) groups is 2. The summed E-state index contributed by atoms with van der Waals surface area (Å²) in [7, 11) is 1.72. The molecule has 168 valence electrons. The standard InChI is InChI=1S/C24H33N3O4/c1-4-8-19-15-20(26-31-19)23(30)27(3)21-11-13-24(14-12-22(21)29,16-25-17(2)28)18-9-6-5-7-10-18/h5-7,9-10,15,21-22,29H,4,8,11-14,16H2,1-3H3,(H,25,28)/t21-,22-,24+/m0/s1. The van der Waals surface area contributed by atoms with Crippen LogP contribution in [0.4, 0.5) is 0 Å². The lowest BCUT2D eigenvalue weighted by atomic mass is 9.74. The van der Waals surface area contributed by atoms with Gasteiger partial charge in [-0.2, -0.15) is 0 Å². The van der Waals surface area contributed by atoms with Crippen LogP contribution in [-0.4, -0.2) is 52.7 Å². The van der Waals surface area contributed by atoms with Crippen LogP contribution in [0, 0.1) is 0 Å². The first-order valence-electron chi connectivity index (χ1n) is 11.1. The van der Waals surface area contributed by atoms with Crippen LogP contribution >= 0.6 is 0 Å². The molecule has 1 aliphatic carbocycles. The van der Waals surface area contributed by atoms with Crippen LogP contribution in [0.1, 0.15) is 67.8 Å². The van der Waals surface area contributed by atoms with Crippen LogP contribution in [-0.2, 0) is 16.6 Å². The Morgan fingerprint density at radius 3 is 2.65 bits per heavy atom. The molecule has 0 spiro atoms. The maximum Gasteiger partial charge on any atom is 0.276 e. The number of hydrogen-bond acceptors (Lipinski definition) is 5. The maximum atomic E-state index is 13.0. The highest BCUT2D eigenvalue weighted by Crippen LogP contribution is 2.39. The number of aryl methyl sites for hydroxylation is 1. The van der Waals surface area contributed by atoms with Gasteiger partial charge in [0.05, 0.1) is 12.1 Å². The molecule has 0 unspecified atom stereocenters. The van der Waals surface area contributed by atoms with E-state index in [9.17, 15) is 14.7 Å². The summed E-state index contributed by atoms with van der Waals surface area (Å²) < 4.78 is 5.26. The fourth-order valence-corrected chi connectivity index (χ4v) is 4.57. The average Bonchev–Trinajstić information content (AvgIpc) is 3.16. The van der Waals surface area contributed by atoms with Crippen LogP contribution in [0.5, 0.6) is 0 Å². The monoisotopic (exact) mass is 427 g/mol. The van der Waals surface area contributed by atoms with Gasteiger partial charge in [0.2, 0.25) is 5.91 Å². The van der Waals surface area contributed by atoms with Crippen LogP contribution in [0.2, 0.25) is 0 Å². The van der Waals surface area contributed by atoms with Crippen molar-refractivity contribution in [3.05, 3.63) is 53.4 Å². The molecule has 1 aliphatic rings. The van der Waals surface area contributed by atoms with E-state index in [1.807, 2.05) is 25.1 Å². The number of carbonyl (C=O) groups excluding carboxylic acids is 2. The normalized spacial score (nSPS) is 23.7. The number of nitrogens with zero attached hydrogens (tertiary/aromatic N) is 2. The van der Waals surface area contributed by atoms with Crippen molar-refractivity contribution in [3.63, 3.8) is 0 Å². The minimum absolute atomic E-state index is 0.0714. The topological polar surface area (TPSA) is 95.7 Å². The minimum atomic E-state index is -0.654. The largest absolute Gasteiger partial charge is 0.391 e. The van der Waals surface area contributed by atoms with Gasteiger partial charge in [0, 0.05) is 38.4 Å². The Morgan fingerprint density at radius 2 is 1.97 bits per heavy atom. The number of benzene rings is 1. The van der Waals surface area contributed by atoms with Crippen LogP contribution in [0.25, 0.3) is 0 Å². The van der Waals surface area contributed by atoms with Gasteiger partial charge < -0.3 is 19.8 Å². The molecule has 3 rings (SSSR count). The highest BCUT2D eigenvalue weighted by molar-refractivity contribution is 5.92. The maximum absolute atomic E-state index is 13.0. The zero-order valence-electron chi connectivity index (χ0n) is 18.6. The number of likely N-dealkylation sites (N-methyl/N-ethyl adjacent to an activating group) is 1. The molecule has 2 amide bonds. The van der Waals surface area contributed by atoms with Crippen molar-refractivity contribution >= 4 is 11.8 Å². The molecule has 1 aromatic carbocycles. The lowest BCUT2D eigenvalue weighted by Gasteiger charge is -2.34. The van der Waals surface area contributed by atoms with E-state index >= 15 is 0 Å². The Kier molecular flexibility index (Phi) is 7.49. The number of aromatic nitrogens is 1. The van der Waals surface area contributed by atoms with Crippen LogP contribution in [0.15, 0.2) is 40.9 Å². The molecule has 0 bridgehead atoms. The smallest absolute Gasteiger partial charge is 0.276 e. The summed E-state index contributed by atoms with van der Waals surface area (Å²) in [6.07, 6.45) is 3.62. The quantitative estimate of drug-likeness (QED) is 0.662. The molecule has 1 fully saturated rings. The van der Waals surface area contributed by atoms with Crippen molar-refractivity contribution in [1.82, 2.24) is 15.4 Å². The first-order chi connectivity index (χ1) is 14.9. The lowest BCUT2D eigenvalue weighted by Crippen LogP contribution is -2.44. The molecule has 7 nitrogen and oxygen atoms in total. The van der Waals surface area contributed by atoms with Gasteiger partial charge in [-0.05, 0) is 37.7 Å². The summed E-state index contributed by atoms with van der Waals surface area (Å²) in [5.74, 6) is 0.376. The fraction of sp³-hybridized carbons (Fsp3) is 0.542. The molecule has 0 saturated heterocycles. The molecule has 2 aromatic rings. The first kappa shape index (κ1) is 23.0. The van der Waals surface area contributed by atoms with Crippen molar-refractivity contribution in [1.29, 1.82) is 0 Å². The van der Waals surface area contributed by atoms with E-state index in [0.29, 0.717) is 25.1 Å². The first-order valence-corrected chi connectivity index (χ1v) is 11.1. The summed E-state index contributed by atoms with van der Waals surface area (Å²) in [5.41, 5.74) is 1.13. The summed E-state index contributed by atoms with van der Waals surface area (Å²) in [6, 6.07) is 11.5. The molecule has 3 atom stereocenters. The third-order valence-electron chi connectivity index (χ3n) is 6.44. The Hall–Kier alpha value is -2.67. The second-order valence-electron chi connectivity index (χ2n) is 8.61. The third-order valence-corrected chi connectivity index (χ3v) is 6.44. The van der Waals surface area contributed by atoms with Gasteiger partial charge in [0.15, 0.2) is 5.69 Å². The van der Waals surface area contributed by atoms with Gasteiger partial charge in [-0.1, -0.05) is 42.4 Å². The molecule has 1 heterocycles. The van der Waals surface area contributed by atoms with Crippen molar-refractivity contribution in [2.24, 2.45) is 0 Å². The molecule has 7 heteroatoms. The number of aliphatic hydroxyl groups is 1. The summed E-state index contributed by atoms with van der Waals surface area (Å²) in [4.78, 5) is 26.2. The fourth-order valence-electron chi connectivity index (χ4n) is 4.57. The molecule has 0 aliphatic heterocycles. The number of amides is 2.